The summed E-state index contributed by atoms with van der Waals surface area (Å²) in [4.78, 5) is 61.1. The summed E-state index contributed by atoms with van der Waals surface area (Å²) in [6, 6.07) is 0.796. The van der Waals surface area contributed by atoms with Gasteiger partial charge in [-0.2, -0.15) is 0 Å². The monoisotopic (exact) mass is 494 g/mol. The molecule has 4 atom stereocenters. The first-order chi connectivity index (χ1) is 16.2. The number of carboxylic acid groups (broad SMARTS) is 2. The van der Waals surface area contributed by atoms with Crippen LogP contribution >= 0.6 is 0 Å². The van der Waals surface area contributed by atoms with Crippen LogP contribution in [0.1, 0.15) is 39.7 Å². The minimum absolute atomic E-state index is 0.00283. The maximum absolute atomic E-state index is 13.1. The Morgan fingerprint density at radius 1 is 0.800 bits per heavy atom. The number of aliphatic carboxylic acids is 2. The van der Waals surface area contributed by atoms with Gasteiger partial charge in [-0.15, -0.1) is 0 Å². The summed E-state index contributed by atoms with van der Waals surface area (Å²) in [5.74, 6) is -5.92. The number of carbonyl (C=O) groups excluding carboxylic acids is 3. The first kappa shape index (κ1) is 29.4. The van der Waals surface area contributed by atoms with Crippen molar-refractivity contribution in [3.63, 3.8) is 0 Å². The fourth-order valence-electron chi connectivity index (χ4n) is 3.07. The van der Waals surface area contributed by atoms with Crippen molar-refractivity contribution in [2.45, 2.75) is 64.7 Å². The Labute approximate surface area is 203 Å². The Hall–Kier alpha value is -3.67. The highest BCUT2D eigenvalue weighted by Crippen LogP contribution is 2.12. The van der Waals surface area contributed by atoms with Gasteiger partial charge in [-0.25, -0.2) is 4.79 Å². The summed E-state index contributed by atoms with van der Waals surface area (Å²) in [5.41, 5.74) is 6.44. The molecule has 0 bridgehead atoms. The molecule has 0 spiro atoms. The van der Waals surface area contributed by atoms with Crippen molar-refractivity contribution in [3.05, 3.63) is 29.8 Å². The van der Waals surface area contributed by atoms with Gasteiger partial charge < -0.3 is 37.0 Å². The summed E-state index contributed by atoms with van der Waals surface area (Å²) in [5, 5.41) is 35.1. The third-order valence-corrected chi connectivity index (χ3v) is 5.27. The van der Waals surface area contributed by atoms with Gasteiger partial charge in [0.05, 0.1) is 12.5 Å². The number of hydrogen-bond acceptors (Lipinski definition) is 7. The van der Waals surface area contributed by atoms with Crippen LogP contribution in [0.2, 0.25) is 0 Å². The van der Waals surface area contributed by atoms with E-state index in [1.54, 1.807) is 27.7 Å². The van der Waals surface area contributed by atoms with Gasteiger partial charge in [-0.05, 0) is 29.5 Å². The van der Waals surface area contributed by atoms with Gasteiger partial charge in [0.25, 0.3) is 0 Å². The summed E-state index contributed by atoms with van der Waals surface area (Å²) in [6.07, 6.45) is -0.860. The molecule has 3 amide bonds. The fraction of sp³-hybridized carbons (Fsp3) is 0.522. The molecule has 1 rings (SSSR count). The second-order valence-electron chi connectivity index (χ2n) is 8.93. The van der Waals surface area contributed by atoms with Crippen LogP contribution in [0, 0.1) is 11.8 Å². The molecule has 0 aliphatic rings. The highest BCUT2D eigenvalue weighted by atomic mass is 16.4. The standard InChI is InChI=1S/C23H34N4O8/c1-11(2)18(24)22(33)26-15(9-13-5-7-14(28)8-6-13)20(31)25-16(10-17(29)30)21(32)27-19(12(3)4)23(34)35/h5-8,11-12,15-16,18-19,28H,9-10,24H2,1-4H3,(H,25,31)(H,26,33)(H,27,32)(H,29,30)(H,34,35). The van der Waals surface area contributed by atoms with Crippen LogP contribution in [0.3, 0.4) is 0 Å². The van der Waals surface area contributed by atoms with Crippen LogP contribution in [0.5, 0.6) is 5.75 Å². The summed E-state index contributed by atoms with van der Waals surface area (Å²) in [6.45, 7) is 6.57. The number of benzene rings is 1. The maximum atomic E-state index is 13.1. The molecule has 0 fully saturated rings. The third-order valence-electron chi connectivity index (χ3n) is 5.27. The number of phenols is 1. The molecule has 0 radical (unpaired) electrons. The van der Waals surface area contributed by atoms with Crippen molar-refractivity contribution >= 4 is 29.7 Å². The predicted octanol–water partition coefficient (Wildman–Crippen LogP) is -0.412. The number of amides is 3. The van der Waals surface area contributed by atoms with Crippen molar-refractivity contribution in [1.82, 2.24) is 16.0 Å². The lowest BCUT2D eigenvalue weighted by molar-refractivity contribution is -0.144. The zero-order chi connectivity index (χ0) is 26.9. The van der Waals surface area contributed by atoms with E-state index in [2.05, 4.69) is 16.0 Å². The quantitative estimate of drug-likeness (QED) is 0.190. The molecule has 8 N–H and O–H groups in total. The van der Waals surface area contributed by atoms with Gasteiger partial charge in [0.15, 0.2) is 0 Å². The van der Waals surface area contributed by atoms with Crippen molar-refractivity contribution in [1.29, 1.82) is 0 Å². The van der Waals surface area contributed by atoms with E-state index in [1.165, 1.54) is 24.3 Å². The molecule has 0 aliphatic heterocycles. The first-order valence-corrected chi connectivity index (χ1v) is 11.1. The minimum Gasteiger partial charge on any atom is -0.508 e. The molecule has 1 aromatic rings. The average molecular weight is 495 g/mol. The van der Waals surface area contributed by atoms with E-state index in [1.807, 2.05) is 0 Å². The number of nitrogens with one attached hydrogen (secondary N) is 3. The van der Waals surface area contributed by atoms with Crippen LogP contribution in [-0.2, 0) is 30.4 Å². The average Bonchev–Trinajstić information content (AvgIpc) is 2.76. The number of rotatable bonds is 13. The largest absolute Gasteiger partial charge is 0.508 e. The normalized spacial score (nSPS) is 14.5. The summed E-state index contributed by atoms with van der Waals surface area (Å²) in [7, 11) is 0. The number of phenolic OH excluding ortho intramolecular Hbond substituents is 1. The Bertz CT molecular complexity index is 917. The fourth-order valence-corrected chi connectivity index (χ4v) is 3.07. The molecular weight excluding hydrogens is 460 g/mol. The molecule has 0 aliphatic carbocycles. The number of hydrogen-bond donors (Lipinski definition) is 7. The zero-order valence-corrected chi connectivity index (χ0v) is 20.1. The highest BCUT2D eigenvalue weighted by Gasteiger charge is 2.32. The zero-order valence-electron chi connectivity index (χ0n) is 20.1. The number of aromatic hydroxyl groups is 1. The number of carbonyl (C=O) groups is 5. The van der Waals surface area contributed by atoms with Crippen LogP contribution in [0.4, 0.5) is 0 Å². The Morgan fingerprint density at radius 3 is 1.77 bits per heavy atom. The van der Waals surface area contributed by atoms with E-state index < -0.39 is 66.2 Å². The van der Waals surface area contributed by atoms with Gasteiger partial charge in [0.1, 0.15) is 23.9 Å². The SMILES string of the molecule is CC(C)C(N)C(=O)NC(Cc1ccc(O)cc1)C(=O)NC(CC(=O)O)C(=O)NC(C(=O)O)C(C)C. The highest BCUT2D eigenvalue weighted by molar-refractivity contribution is 5.95. The molecule has 12 nitrogen and oxygen atoms in total. The van der Waals surface area contributed by atoms with Crippen LogP contribution in [-0.4, -0.2) is 69.1 Å². The second kappa shape index (κ2) is 13.3. The molecule has 0 saturated heterocycles. The molecule has 12 heteroatoms. The van der Waals surface area contributed by atoms with E-state index in [-0.39, 0.29) is 18.1 Å². The van der Waals surface area contributed by atoms with Crippen LogP contribution < -0.4 is 21.7 Å². The molecule has 194 valence electrons. The molecule has 1 aromatic carbocycles. The molecule has 0 saturated carbocycles. The van der Waals surface area contributed by atoms with Crippen LogP contribution in [0.25, 0.3) is 0 Å². The lowest BCUT2D eigenvalue weighted by atomic mass is 10.0. The molecule has 35 heavy (non-hydrogen) atoms. The molecule has 0 heterocycles. The van der Waals surface area contributed by atoms with E-state index >= 15 is 0 Å². The smallest absolute Gasteiger partial charge is 0.326 e. The van der Waals surface area contributed by atoms with Gasteiger partial charge in [0, 0.05) is 6.42 Å². The molecule has 4 unspecified atom stereocenters. The second-order valence-corrected chi connectivity index (χ2v) is 8.93. The Balaban J connectivity index is 3.16. The number of nitrogens with two attached hydrogens (primary N) is 1. The number of carboxylic acids is 2. The van der Waals surface area contributed by atoms with E-state index in [9.17, 15) is 39.3 Å². The minimum atomic E-state index is -1.60. The van der Waals surface area contributed by atoms with Gasteiger partial charge in [-0.1, -0.05) is 39.8 Å². The van der Waals surface area contributed by atoms with Gasteiger partial charge in [-0.3, -0.25) is 19.2 Å². The van der Waals surface area contributed by atoms with Crippen molar-refractivity contribution in [3.8, 4) is 5.75 Å². The maximum Gasteiger partial charge on any atom is 0.326 e. The van der Waals surface area contributed by atoms with E-state index in [4.69, 9.17) is 5.73 Å². The third kappa shape index (κ3) is 9.61. The molecule has 0 aromatic heterocycles. The van der Waals surface area contributed by atoms with Gasteiger partial charge in [0.2, 0.25) is 17.7 Å². The van der Waals surface area contributed by atoms with E-state index in [0.29, 0.717) is 5.56 Å². The Kier molecular flexibility index (Phi) is 11.1. The lowest BCUT2D eigenvalue weighted by Crippen LogP contribution is -2.58. The van der Waals surface area contributed by atoms with Crippen molar-refractivity contribution in [2.24, 2.45) is 17.6 Å². The van der Waals surface area contributed by atoms with Crippen molar-refractivity contribution in [2.75, 3.05) is 0 Å². The van der Waals surface area contributed by atoms with Crippen molar-refractivity contribution < 1.29 is 39.3 Å². The van der Waals surface area contributed by atoms with Gasteiger partial charge >= 0.3 is 11.9 Å². The van der Waals surface area contributed by atoms with Crippen LogP contribution in [0.15, 0.2) is 24.3 Å². The summed E-state index contributed by atoms with van der Waals surface area (Å²) < 4.78 is 0. The first-order valence-electron chi connectivity index (χ1n) is 11.1. The predicted molar refractivity (Wildman–Crippen MR) is 125 cm³/mol. The lowest BCUT2D eigenvalue weighted by Gasteiger charge is -2.26. The summed E-state index contributed by atoms with van der Waals surface area (Å²) >= 11 is 0. The Morgan fingerprint density at radius 2 is 1.31 bits per heavy atom. The van der Waals surface area contributed by atoms with E-state index in [0.717, 1.165) is 0 Å². The topological polar surface area (TPSA) is 208 Å². The molecular formula is C23H34N4O8.